The number of nitrogens with zero attached hydrogens (tertiary/aromatic N) is 2. The van der Waals surface area contributed by atoms with Crippen molar-refractivity contribution in [2.75, 3.05) is 20.3 Å². The first-order valence-electron chi connectivity index (χ1n) is 7.01. The lowest BCUT2D eigenvalue weighted by atomic mass is 10.1. The van der Waals surface area contributed by atoms with Gasteiger partial charge in [0, 0.05) is 32.0 Å². The summed E-state index contributed by atoms with van der Waals surface area (Å²) in [6.45, 7) is 2.31. The Hall–Kier alpha value is -2.09. The van der Waals surface area contributed by atoms with E-state index in [9.17, 15) is 9.59 Å². The van der Waals surface area contributed by atoms with Gasteiger partial charge in [-0.3, -0.25) is 9.48 Å². The van der Waals surface area contributed by atoms with Gasteiger partial charge in [-0.1, -0.05) is 0 Å². The predicted molar refractivity (Wildman–Crippen MR) is 75.5 cm³/mol. The summed E-state index contributed by atoms with van der Waals surface area (Å²) in [5, 5.41) is 12.3. The van der Waals surface area contributed by atoms with Crippen molar-refractivity contribution in [1.82, 2.24) is 25.7 Å². The third-order valence-corrected chi connectivity index (χ3v) is 3.25. The zero-order chi connectivity index (χ0) is 15.1. The normalized spacial score (nSPS) is 18.1. The Morgan fingerprint density at radius 1 is 1.62 bits per heavy atom. The number of aromatic nitrogens is 2. The standard InChI is InChI=1S/C13H21N5O3/c1-21-6-5-18-9-10(8-16-18)7-15-13(20)17-11-3-2-4-14-12(11)19/h8-9,11H,2-7H2,1H3,(H,14,19)(H2,15,17,20). The topological polar surface area (TPSA) is 97.3 Å². The van der Waals surface area contributed by atoms with Crippen molar-refractivity contribution < 1.29 is 14.3 Å². The minimum Gasteiger partial charge on any atom is -0.383 e. The maximum atomic E-state index is 11.8. The maximum Gasteiger partial charge on any atom is 0.315 e. The van der Waals surface area contributed by atoms with Crippen molar-refractivity contribution in [3.05, 3.63) is 18.0 Å². The van der Waals surface area contributed by atoms with Crippen molar-refractivity contribution in [2.45, 2.75) is 32.0 Å². The van der Waals surface area contributed by atoms with Crippen LogP contribution in [0.1, 0.15) is 18.4 Å². The summed E-state index contributed by atoms with van der Waals surface area (Å²) >= 11 is 0. The van der Waals surface area contributed by atoms with Gasteiger partial charge in [-0.15, -0.1) is 0 Å². The van der Waals surface area contributed by atoms with Crippen LogP contribution < -0.4 is 16.0 Å². The van der Waals surface area contributed by atoms with Gasteiger partial charge in [0.25, 0.3) is 0 Å². The van der Waals surface area contributed by atoms with Crippen molar-refractivity contribution in [1.29, 1.82) is 0 Å². The van der Waals surface area contributed by atoms with E-state index >= 15 is 0 Å². The summed E-state index contributed by atoms with van der Waals surface area (Å²) in [4.78, 5) is 23.3. The molecule has 1 atom stereocenters. The number of carbonyl (C=O) groups excluding carboxylic acids is 2. The van der Waals surface area contributed by atoms with Crippen molar-refractivity contribution in [3.63, 3.8) is 0 Å². The minimum absolute atomic E-state index is 0.121. The van der Waals surface area contributed by atoms with Gasteiger partial charge in [0.15, 0.2) is 0 Å². The van der Waals surface area contributed by atoms with E-state index in [1.54, 1.807) is 18.0 Å². The highest BCUT2D eigenvalue weighted by molar-refractivity contribution is 5.87. The van der Waals surface area contributed by atoms with Gasteiger partial charge in [0.05, 0.1) is 19.3 Å². The van der Waals surface area contributed by atoms with Gasteiger partial charge in [-0.05, 0) is 12.8 Å². The lowest BCUT2D eigenvalue weighted by Gasteiger charge is -2.22. The van der Waals surface area contributed by atoms with Crippen LogP contribution >= 0.6 is 0 Å². The fourth-order valence-electron chi connectivity index (χ4n) is 2.11. The molecule has 1 aliphatic heterocycles. The van der Waals surface area contributed by atoms with Crippen molar-refractivity contribution >= 4 is 11.9 Å². The molecule has 1 aromatic heterocycles. The Morgan fingerprint density at radius 2 is 2.48 bits per heavy atom. The van der Waals surface area contributed by atoms with E-state index in [0.29, 0.717) is 32.7 Å². The number of methoxy groups -OCH3 is 1. The van der Waals surface area contributed by atoms with E-state index in [1.807, 2.05) is 6.20 Å². The molecule has 0 saturated carbocycles. The SMILES string of the molecule is COCCn1cc(CNC(=O)NC2CCCNC2=O)cn1. The first kappa shape index (κ1) is 15.3. The van der Waals surface area contributed by atoms with Crippen molar-refractivity contribution in [3.8, 4) is 0 Å². The first-order valence-corrected chi connectivity index (χ1v) is 7.01. The molecule has 8 nitrogen and oxygen atoms in total. The molecule has 0 bridgehead atoms. The molecule has 1 aliphatic rings. The Balaban J connectivity index is 1.73. The average molecular weight is 295 g/mol. The number of carbonyl (C=O) groups is 2. The fraction of sp³-hybridized carbons (Fsp3) is 0.615. The number of ether oxygens (including phenoxy) is 1. The number of hydrogen-bond acceptors (Lipinski definition) is 4. The highest BCUT2D eigenvalue weighted by atomic mass is 16.5. The molecular formula is C13H21N5O3. The second kappa shape index (κ2) is 7.63. The van der Waals surface area contributed by atoms with Crippen LogP contribution in [0.2, 0.25) is 0 Å². The van der Waals surface area contributed by atoms with Crippen LogP contribution in [-0.4, -0.2) is 48.0 Å². The van der Waals surface area contributed by atoms with Crippen LogP contribution in [0, 0.1) is 0 Å². The summed E-state index contributed by atoms with van der Waals surface area (Å²) in [5.74, 6) is -0.121. The molecule has 0 radical (unpaired) electrons. The van der Waals surface area contributed by atoms with Crippen LogP contribution in [0.5, 0.6) is 0 Å². The Kier molecular flexibility index (Phi) is 5.56. The molecule has 0 spiro atoms. The highest BCUT2D eigenvalue weighted by Crippen LogP contribution is 2.03. The molecular weight excluding hydrogens is 274 g/mol. The molecule has 1 saturated heterocycles. The molecule has 1 fully saturated rings. The molecule has 3 N–H and O–H groups in total. The molecule has 21 heavy (non-hydrogen) atoms. The van der Waals surface area contributed by atoms with Gasteiger partial charge in [0.1, 0.15) is 6.04 Å². The number of amides is 3. The van der Waals surface area contributed by atoms with E-state index in [4.69, 9.17) is 4.74 Å². The molecule has 116 valence electrons. The van der Waals surface area contributed by atoms with Crippen LogP contribution in [0.3, 0.4) is 0 Å². The average Bonchev–Trinajstić information content (AvgIpc) is 2.93. The molecule has 8 heteroatoms. The van der Waals surface area contributed by atoms with Crippen LogP contribution in [-0.2, 0) is 22.6 Å². The van der Waals surface area contributed by atoms with Crippen LogP contribution in [0.15, 0.2) is 12.4 Å². The molecule has 2 rings (SSSR count). The zero-order valence-corrected chi connectivity index (χ0v) is 12.1. The van der Waals surface area contributed by atoms with E-state index < -0.39 is 6.04 Å². The van der Waals surface area contributed by atoms with E-state index in [-0.39, 0.29) is 11.9 Å². The van der Waals surface area contributed by atoms with Gasteiger partial charge in [-0.2, -0.15) is 5.10 Å². The van der Waals surface area contributed by atoms with Gasteiger partial charge >= 0.3 is 6.03 Å². The van der Waals surface area contributed by atoms with E-state index in [1.165, 1.54) is 0 Å². The molecule has 3 amide bonds. The van der Waals surface area contributed by atoms with E-state index in [2.05, 4.69) is 21.0 Å². The summed E-state index contributed by atoms with van der Waals surface area (Å²) in [5.41, 5.74) is 0.898. The Labute approximate surface area is 123 Å². The third-order valence-electron chi connectivity index (χ3n) is 3.25. The summed E-state index contributed by atoms with van der Waals surface area (Å²) in [6, 6.07) is -0.787. The molecule has 2 heterocycles. The number of rotatable bonds is 6. The third kappa shape index (κ3) is 4.75. The summed E-state index contributed by atoms with van der Waals surface area (Å²) < 4.78 is 6.73. The zero-order valence-electron chi connectivity index (χ0n) is 12.1. The number of hydrogen-bond donors (Lipinski definition) is 3. The monoisotopic (exact) mass is 295 g/mol. The van der Waals surface area contributed by atoms with Crippen LogP contribution in [0.25, 0.3) is 0 Å². The summed E-state index contributed by atoms with van der Waals surface area (Å²) in [6.07, 6.45) is 5.10. The van der Waals surface area contributed by atoms with E-state index in [0.717, 1.165) is 12.0 Å². The molecule has 0 aliphatic carbocycles. The number of nitrogens with one attached hydrogen (secondary N) is 3. The lowest BCUT2D eigenvalue weighted by molar-refractivity contribution is -0.124. The maximum absolute atomic E-state index is 11.8. The molecule has 0 aromatic carbocycles. The second-order valence-electron chi connectivity index (χ2n) is 4.92. The molecule has 1 aromatic rings. The fourth-order valence-corrected chi connectivity index (χ4v) is 2.11. The van der Waals surface area contributed by atoms with Gasteiger partial charge in [0.2, 0.25) is 5.91 Å². The smallest absolute Gasteiger partial charge is 0.315 e. The Morgan fingerprint density at radius 3 is 3.24 bits per heavy atom. The number of urea groups is 1. The van der Waals surface area contributed by atoms with Gasteiger partial charge in [-0.25, -0.2) is 4.79 Å². The Bertz CT molecular complexity index is 488. The van der Waals surface area contributed by atoms with Crippen LogP contribution in [0.4, 0.5) is 4.79 Å². The quantitative estimate of drug-likeness (QED) is 0.665. The molecule has 1 unspecified atom stereocenters. The van der Waals surface area contributed by atoms with Gasteiger partial charge < -0.3 is 20.7 Å². The lowest BCUT2D eigenvalue weighted by Crippen LogP contribution is -2.52. The minimum atomic E-state index is -0.442. The highest BCUT2D eigenvalue weighted by Gasteiger charge is 2.23. The summed E-state index contributed by atoms with van der Waals surface area (Å²) in [7, 11) is 1.64. The van der Waals surface area contributed by atoms with Crippen molar-refractivity contribution in [2.24, 2.45) is 0 Å². The second-order valence-corrected chi connectivity index (χ2v) is 4.92. The first-order chi connectivity index (χ1) is 10.2. The number of piperidine rings is 1. The predicted octanol–water partition coefficient (Wildman–Crippen LogP) is -0.393. The largest absolute Gasteiger partial charge is 0.383 e.